The number of nitrogens with zero attached hydrogens (tertiary/aromatic N) is 1. The van der Waals surface area contributed by atoms with E-state index in [9.17, 15) is 13.2 Å². The van der Waals surface area contributed by atoms with Gasteiger partial charge in [0.1, 0.15) is 0 Å². The summed E-state index contributed by atoms with van der Waals surface area (Å²) in [7, 11) is 0. The number of rotatable bonds is 3. The van der Waals surface area contributed by atoms with Crippen molar-refractivity contribution in [1.29, 1.82) is 0 Å². The van der Waals surface area contributed by atoms with Crippen LogP contribution in [0.3, 0.4) is 0 Å². The summed E-state index contributed by atoms with van der Waals surface area (Å²) in [4.78, 5) is 2.37. The Balaban J connectivity index is 2.08. The molecular formula is C16H23F3N2. The van der Waals surface area contributed by atoms with Gasteiger partial charge in [-0.25, -0.2) is 0 Å². The van der Waals surface area contributed by atoms with Crippen LogP contribution < -0.4 is 5.32 Å². The highest BCUT2D eigenvalue weighted by Gasteiger charge is 2.31. The minimum absolute atomic E-state index is 0.412. The first kappa shape index (κ1) is 16.3. The van der Waals surface area contributed by atoms with Crippen molar-refractivity contribution in [3.8, 4) is 0 Å². The highest BCUT2D eigenvalue weighted by molar-refractivity contribution is 5.24. The fourth-order valence-corrected chi connectivity index (χ4v) is 2.88. The molecule has 1 saturated heterocycles. The second-order valence-electron chi connectivity index (χ2n) is 6.24. The third kappa shape index (κ3) is 4.20. The predicted molar refractivity (Wildman–Crippen MR) is 77.9 cm³/mol. The van der Waals surface area contributed by atoms with Gasteiger partial charge < -0.3 is 5.32 Å². The normalized spacial score (nSPS) is 24.5. The third-order valence-electron chi connectivity index (χ3n) is 4.09. The Morgan fingerprint density at radius 2 is 1.86 bits per heavy atom. The van der Waals surface area contributed by atoms with Crippen LogP contribution in [0.15, 0.2) is 24.3 Å². The standard InChI is InChI=1S/C16H23F3N2/c1-11(2)15-8-20-12(3)9-21(15)10-13-4-6-14(7-5-13)16(17,18)19/h4-7,11-12,15,20H,8-10H2,1-3H3. The molecule has 2 nitrogen and oxygen atoms in total. The van der Waals surface area contributed by atoms with Gasteiger partial charge in [0.25, 0.3) is 0 Å². The van der Waals surface area contributed by atoms with Crippen molar-refractivity contribution < 1.29 is 13.2 Å². The smallest absolute Gasteiger partial charge is 0.311 e. The van der Waals surface area contributed by atoms with Gasteiger partial charge in [0, 0.05) is 31.7 Å². The van der Waals surface area contributed by atoms with Crippen molar-refractivity contribution in [2.45, 2.75) is 45.6 Å². The van der Waals surface area contributed by atoms with Gasteiger partial charge in [-0.15, -0.1) is 0 Å². The number of nitrogens with one attached hydrogen (secondary N) is 1. The zero-order valence-corrected chi connectivity index (χ0v) is 12.7. The molecule has 1 aliphatic heterocycles. The molecule has 0 aliphatic carbocycles. The average Bonchev–Trinajstić information content (AvgIpc) is 2.38. The third-order valence-corrected chi connectivity index (χ3v) is 4.09. The van der Waals surface area contributed by atoms with Crippen LogP contribution in [0.5, 0.6) is 0 Å². The molecule has 0 radical (unpaired) electrons. The molecule has 2 atom stereocenters. The molecule has 21 heavy (non-hydrogen) atoms. The molecule has 1 aliphatic rings. The highest BCUT2D eigenvalue weighted by Crippen LogP contribution is 2.29. The molecule has 1 fully saturated rings. The maximum absolute atomic E-state index is 12.6. The van der Waals surface area contributed by atoms with Gasteiger partial charge in [-0.2, -0.15) is 13.2 Å². The summed E-state index contributed by atoms with van der Waals surface area (Å²) in [6, 6.07) is 6.36. The van der Waals surface area contributed by atoms with Crippen molar-refractivity contribution in [2.24, 2.45) is 5.92 Å². The lowest BCUT2D eigenvalue weighted by molar-refractivity contribution is -0.137. The topological polar surface area (TPSA) is 15.3 Å². The van der Waals surface area contributed by atoms with E-state index < -0.39 is 11.7 Å². The summed E-state index contributed by atoms with van der Waals surface area (Å²) in [6.45, 7) is 9.05. The molecule has 0 saturated carbocycles. The van der Waals surface area contributed by atoms with Crippen LogP contribution in [-0.2, 0) is 12.7 Å². The van der Waals surface area contributed by atoms with E-state index >= 15 is 0 Å². The van der Waals surface area contributed by atoms with Crippen molar-refractivity contribution in [3.63, 3.8) is 0 Å². The molecule has 0 spiro atoms. The molecule has 5 heteroatoms. The molecular weight excluding hydrogens is 277 g/mol. The summed E-state index contributed by atoms with van der Waals surface area (Å²) in [5, 5.41) is 3.47. The lowest BCUT2D eigenvalue weighted by Gasteiger charge is -2.41. The minimum Gasteiger partial charge on any atom is -0.311 e. The molecule has 118 valence electrons. The maximum atomic E-state index is 12.6. The first-order chi connectivity index (χ1) is 9.77. The molecule has 1 N–H and O–H groups in total. The van der Waals surface area contributed by atoms with Crippen LogP contribution in [-0.4, -0.2) is 30.1 Å². The molecule has 1 aromatic carbocycles. The lowest BCUT2D eigenvalue weighted by Crippen LogP contribution is -2.56. The minimum atomic E-state index is -4.26. The average molecular weight is 300 g/mol. The summed E-state index contributed by atoms with van der Waals surface area (Å²) in [6.07, 6.45) is -4.26. The van der Waals surface area contributed by atoms with Gasteiger partial charge in [-0.05, 0) is 30.5 Å². The molecule has 2 unspecified atom stereocenters. The van der Waals surface area contributed by atoms with Gasteiger partial charge in [0.05, 0.1) is 5.56 Å². The maximum Gasteiger partial charge on any atom is 0.416 e. The van der Waals surface area contributed by atoms with E-state index in [-0.39, 0.29) is 0 Å². The van der Waals surface area contributed by atoms with Crippen LogP contribution >= 0.6 is 0 Å². The number of halogens is 3. The quantitative estimate of drug-likeness (QED) is 0.919. The second-order valence-corrected chi connectivity index (χ2v) is 6.24. The van der Waals surface area contributed by atoms with E-state index in [1.807, 2.05) is 0 Å². The van der Waals surface area contributed by atoms with Crippen LogP contribution in [0.2, 0.25) is 0 Å². The number of hydrogen-bond acceptors (Lipinski definition) is 2. The van der Waals surface area contributed by atoms with Crippen LogP contribution in [0.4, 0.5) is 13.2 Å². The van der Waals surface area contributed by atoms with Gasteiger partial charge in [-0.1, -0.05) is 26.0 Å². The number of alkyl halides is 3. The Labute approximate surface area is 124 Å². The Morgan fingerprint density at radius 1 is 1.24 bits per heavy atom. The predicted octanol–water partition coefficient (Wildman–Crippen LogP) is 3.52. The first-order valence-corrected chi connectivity index (χ1v) is 7.41. The Hall–Kier alpha value is -1.07. The van der Waals surface area contributed by atoms with Crippen LogP contribution in [0, 0.1) is 5.92 Å². The molecule has 1 aromatic rings. The van der Waals surface area contributed by atoms with Gasteiger partial charge in [0.2, 0.25) is 0 Å². The Morgan fingerprint density at radius 3 is 2.38 bits per heavy atom. The Kier molecular flexibility index (Phi) is 4.94. The first-order valence-electron chi connectivity index (χ1n) is 7.41. The fraction of sp³-hybridized carbons (Fsp3) is 0.625. The molecule has 0 bridgehead atoms. The summed E-state index contributed by atoms with van der Waals surface area (Å²) in [5.74, 6) is 0.513. The molecule has 0 aromatic heterocycles. The molecule has 1 heterocycles. The number of hydrogen-bond donors (Lipinski definition) is 1. The van der Waals surface area contributed by atoms with E-state index in [0.717, 1.165) is 18.7 Å². The van der Waals surface area contributed by atoms with E-state index in [1.165, 1.54) is 12.1 Å². The fourth-order valence-electron chi connectivity index (χ4n) is 2.88. The summed E-state index contributed by atoms with van der Waals surface area (Å²) < 4.78 is 37.7. The zero-order chi connectivity index (χ0) is 15.6. The number of piperazine rings is 1. The SMILES string of the molecule is CC1CN(Cc2ccc(C(F)(F)F)cc2)C(C(C)C)CN1. The van der Waals surface area contributed by atoms with E-state index in [2.05, 4.69) is 31.0 Å². The van der Waals surface area contributed by atoms with Crippen LogP contribution in [0.1, 0.15) is 31.9 Å². The monoisotopic (exact) mass is 300 g/mol. The van der Waals surface area contributed by atoms with Crippen molar-refractivity contribution in [3.05, 3.63) is 35.4 Å². The van der Waals surface area contributed by atoms with Gasteiger partial charge >= 0.3 is 6.18 Å². The number of benzene rings is 1. The zero-order valence-electron chi connectivity index (χ0n) is 12.7. The van der Waals surface area contributed by atoms with E-state index in [4.69, 9.17) is 0 Å². The lowest BCUT2D eigenvalue weighted by atomic mass is 9.98. The van der Waals surface area contributed by atoms with E-state index in [0.29, 0.717) is 24.5 Å². The molecule has 2 rings (SSSR count). The highest BCUT2D eigenvalue weighted by atomic mass is 19.4. The summed E-state index contributed by atoms with van der Waals surface area (Å²) in [5.41, 5.74) is 0.350. The van der Waals surface area contributed by atoms with E-state index in [1.54, 1.807) is 12.1 Å². The van der Waals surface area contributed by atoms with Gasteiger partial charge in [0.15, 0.2) is 0 Å². The van der Waals surface area contributed by atoms with Gasteiger partial charge in [-0.3, -0.25) is 4.90 Å². The van der Waals surface area contributed by atoms with Crippen molar-refractivity contribution >= 4 is 0 Å². The van der Waals surface area contributed by atoms with Crippen molar-refractivity contribution in [1.82, 2.24) is 10.2 Å². The largest absolute Gasteiger partial charge is 0.416 e. The summed E-state index contributed by atoms with van der Waals surface area (Å²) >= 11 is 0. The van der Waals surface area contributed by atoms with Crippen LogP contribution in [0.25, 0.3) is 0 Å². The Bertz CT molecular complexity index is 454. The second kappa shape index (κ2) is 6.36. The molecule has 0 amide bonds. The van der Waals surface area contributed by atoms with Crippen molar-refractivity contribution in [2.75, 3.05) is 13.1 Å².